The largest absolute Gasteiger partial charge is 0.340 e. The highest BCUT2D eigenvalue weighted by atomic mass is 35.5. The zero-order chi connectivity index (χ0) is 14.8. The summed E-state index contributed by atoms with van der Waals surface area (Å²) in [5.74, 6) is 0.157. The Morgan fingerprint density at radius 1 is 1.57 bits per heavy atom. The molecule has 0 aromatic carbocycles. The highest BCUT2D eigenvalue weighted by Crippen LogP contribution is 2.33. The minimum Gasteiger partial charge on any atom is -0.340 e. The van der Waals surface area contributed by atoms with Crippen molar-refractivity contribution >= 4 is 40.2 Å². The Labute approximate surface area is 136 Å². The van der Waals surface area contributed by atoms with Crippen LogP contribution in [0.25, 0.3) is 9.88 Å². The van der Waals surface area contributed by atoms with Crippen molar-refractivity contribution in [2.45, 2.75) is 19.4 Å². The highest BCUT2D eigenvalue weighted by molar-refractivity contribution is 7.23. The number of carbonyl (C=O) groups excluding carboxylic acids is 1. The molecule has 4 nitrogen and oxygen atoms in total. The van der Waals surface area contributed by atoms with E-state index in [0.717, 1.165) is 39.5 Å². The second kappa shape index (κ2) is 6.44. The summed E-state index contributed by atoms with van der Waals surface area (Å²) in [6, 6.07) is 4.20. The summed E-state index contributed by atoms with van der Waals surface area (Å²) in [6.07, 6.45) is 0.377. The van der Waals surface area contributed by atoms with E-state index in [1.54, 1.807) is 11.3 Å². The SMILES string of the molecule is CC1CN(C(=O)Cc2csc(-c3ccc(Cl)s3)n2)CCN1. The second-order valence-electron chi connectivity index (χ2n) is 5.12. The molecule has 21 heavy (non-hydrogen) atoms. The van der Waals surface area contributed by atoms with Crippen molar-refractivity contribution in [2.24, 2.45) is 0 Å². The van der Waals surface area contributed by atoms with Crippen LogP contribution in [0.5, 0.6) is 0 Å². The fourth-order valence-corrected chi connectivity index (χ4v) is 4.29. The van der Waals surface area contributed by atoms with Crippen molar-refractivity contribution < 1.29 is 4.79 Å². The van der Waals surface area contributed by atoms with Crippen molar-refractivity contribution in [2.75, 3.05) is 19.6 Å². The molecular weight excluding hydrogens is 326 g/mol. The van der Waals surface area contributed by atoms with Gasteiger partial charge in [0.1, 0.15) is 5.01 Å². The van der Waals surface area contributed by atoms with Gasteiger partial charge in [0.15, 0.2) is 0 Å². The third kappa shape index (κ3) is 3.63. The normalized spacial score (nSPS) is 19.0. The van der Waals surface area contributed by atoms with Gasteiger partial charge in [0.25, 0.3) is 0 Å². The quantitative estimate of drug-likeness (QED) is 0.933. The number of carbonyl (C=O) groups is 1. The van der Waals surface area contributed by atoms with E-state index in [1.807, 2.05) is 22.4 Å². The van der Waals surface area contributed by atoms with Crippen molar-refractivity contribution in [3.63, 3.8) is 0 Å². The Hall–Kier alpha value is -0.950. The van der Waals surface area contributed by atoms with Gasteiger partial charge in [0, 0.05) is 31.1 Å². The molecule has 2 aromatic heterocycles. The number of thiophene rings is 1. The number of amides is 1. The number of hydrogen-bond acceptors (Lipinski definition) is 5. The first-order chi connectivity index (χ1) is 10.1. The van der Waals surface area contributed by atoms with Crippen LogP contribution in [0.4, 0.5) is 0 Å². The van der Waals surface area contributed by atoms with Crippen molar-refractivity contribution in [1.29, 1.82) is 0 Å². The summed E-state index contributed by atoms with van der Waals surface area (Å²) in [4.78, 5) is 19.8. The molecule has 2 aromatic rings. The topological polar surface area (TPSA) is 45.2 Å². The molecule has 7 heteroatoms. The van der Waals surface area contributed by atoms with E-state index in [9.17, 15) is 4.79 Å². The number of rotatable bonds is 3. The monoisotopic (exact) mass is 341 g/mol. The predicted octanol–water partition coefficient (Wildman–Crippen LogP) is 2.89. The van der Waals surface area contributed by atoms with Crippen LogP contribution in [0.15, 0.2) is 17.5 Å². The number of nitrogens with one attached hydrogen (secondary N) is 1. The Bertz CT molecular complexity index is 640. The lowest BCUT2D eigenvalue weighted by Gasteiger charge is -2.31. The zero-order valence-corrected chi connectivity index (χ0v) is 14.0. The van der Waals surface area contributed by atoms with Gasteiger partial charge in [0.2, 0.25) is 5.91 Å². The third-order valence-electron chi connectivity index (χ3n) is 3.39. The molecule has 0 bridgehead atoms. The fraction of sp³-hybridized carbons (Fsp3) is 0.429. The Kier molecular flexibility index (Phi) is 4.59. The van der Waals surface area contributed by atoms with Gasteiger partial charge in [-0.2, -0.15) is 0 Å². The second-order valence-corrected chi connectivity index (χ2v) is 7.69. The lowest BCUT2D eigenvalue weighted by molar-refractivity contribution is -0.131. The average Bonchev–Trinajstić information content (AvgIpc) is 3.07. The maximum Gasteiger partial charge on any atom is 0.228 e. The molecule has 0 aliphatic carbocycles. The zero-order valence-electron chi connectivity index (χ0n) is 11.6. The van der Waals surface area contributed by atoms with Crippen molar-refractivity contribution in [3.05, 3.63) is 27.5 Å². The van der Waals surface area contributed by atoms with Crippen LogP contribution >= 0.6 is 34.3 Å². The lowest BCUT2D eigenvalue weighted by atomic mass is 10.2. The van der Waals surface area contributed by atoms with Gasteiger partial charge in [-0.15, -0.1) is 22.7 Å². The molecule has 0 saturated carbocycles. The first kappa shape index (κ1) is 15.0. The molecule has 0 radical (unpaired) electrons. The molecule has 1 saturated heterocycles. The first-order valence-corrected chi connectivity index (χ1v) is 8.90. The average molecular weight is 342 g/mol. The van der Waals surface area contributed by atoms with Crippen LogP contribution in [0, 0.1) is 0 Å². The van der Waals surface area contributed by atoms with Gasteiger partial charge < -0.3 is 10.2 Å². The first-order valence-electron chi connectivity index (χ1n) is 6.83. The number of halogens is 1. The molecule has 3 heterocycles. The maximum absolute atomic E-state index is 12.3. The van der Waals surface area contributed by atoms with Gasteiger partial charge in [0.05, 0.1) is 21.3 Å². The van der Waals surface area contributed by atoms with Gasteiger partial charge in [-0.05, 0) is 19.1 Å². The van der Waals surface area contributed by atoms with E-state index in [1.165, 1.54) is 11.3 Å². The van der Waals surface area contributed by atoms with Crippen LogP contribution < -0.4 is 5.32 Å². The summed E-state index contributed by atoms with van der Waals surface area (Å²) in [7, 11) is 0. The van der Waals surface area contributed by atoms with Gasteiger partial charge in [-0.3, -0.25) is 4.79 Å². The van der Waals surface area contributed by atoms with Crippen molar-refractivity contribution in [3.8, 4) is 9.88 Å². The smallest absolute Gasteiger partial charge is 0.228 e. The summed E-state index contributed by atoms with van der Waals surface area (Å²) >= 11 is 9.02. The van der Waals surface area contributed by atoms with E-state index in [2.05, 4.69) is 17.2 Å². The number of piperazine rings is 1. The summed E-state index contributed by atoms with van der Waals surface area (Å²) in [5, 5.41) is 6.24. The van der Waals surface area contributed by atoms with Crippen molar-refractivity contribution in [1.82, 2.24) is 15.2 Å². The van der Waals surface area contributed by atoms with E-state index < -0.39 is 0 Å². The van der Waals surface area contributed by atoms with E-state index >= 15 is 0 Å². The molecule has 1 N–H and O–H groups in total. The minimum absolute atomic E-state index is 0.157. The molecule has 1 aliphatic heterocycles. The predicted molar refractivity (Wildman–Crippen MR) is 88.2 cm³/mol. The van der Waals surface area contributed by atoms with E-state index in [0.29, 0.717) is 12.5 Å². The molecule has 3 rings (SSSR count). The number of nitrogens with zero attached hydrogens (tertiary/aromatic N) is 2. The number of thiazole rings is 1. The Morgan fingerprint density at radius 3 is 3.14 bits per heavy atom. The highest BCUT2D eigenvalue weighted by Gasteiger charge is 2.21. The van der Waals surface area contributed by atoms with E-state index in [-0.39, 0.29) is 5.91 Å². The Balaban J connectivity index is 1.65. The third-order valence-corrected chi connectivity index (χ3v) is 5.68. The standard InChI is InChI=1S/C14H16ClN3OS2/c1-9-7-18(5-4-16-9)13(19)6-10-8-20-14(17-10)11-2-3-12(15)21-11/h2-3,8-9,16H,4-7H2,1H3. The number of hydrogen-bond donors (Lipinski definition) is 1. The van der Waals surface area contributed by atoms with Gasteiger partial charge in [-0.25, -0.2) is 4.98 Å². The van der Waals surface area contributed by atoms with Crippen LogP contribution in [0.1, 0.15) is 12.6 Å². The molecular formula is C14H16ClN3OS2. The van der Waals surface area contributed by atoms with Crippen LogP contribution in [0.3, 0.4) is 0 Å². The molecule has 112 valence electrons. The van der Waals surface area contributed by atoms with Crippen LogP contribution in [-0.2, 0) is 11.2 Å². The molecule has 1 fully saturated rings. The molecule has 0 spiro atoms. The van der Waals surface area contributed by atoms with Gasteiger partial charge >= 0.3 is 0 Å². The summed E-state index contributed by atoms with van der Waals surface area (Å²) in [5.41, 5.74) is 0.843. The van der Waals surface area contributed by atoms with Gasteiger partial charge in [-0.1, -0.05) is 11.6 Å². The maximum atomic E-state index is 12.3. The molecule has 1 atom stereocenters. The molecule has 1 aliphatic rings. The van der Waals surface area contributed by atoms with Crippen LogP contribution in [0.2, 0.25) is 4.34 Å². The molecule has 1 amide bonds. The summed E-state index contributed by atoms with van der Waals surface area (Å²) in [6.45, 7) is 4.51. The molecule has 1 unspecified atom stereocenters. The minimum atomic E-state index is 0.157. The van der Waals surface area contributed by atoms with E-state index in [4.69, 9.17) is 11.6 Å². The lowest BCUT2D eigenvalue weighted by Crippen LogP contribution is -2.51. The fourth-order valence-electron chi connectivity index (χ4n) is 2.36. The van der Waals surface area contributed by atoms with Crippen LogP contribution in [-0.4, -0.2) is 41.5 Å². The number of aromatic nitrogens is 1. The Morgan fingerprint density at radius 2 is 2.43 bits per heavy atom. The summed E-state index contributed by atoms with van der Waals surface area (Å²) < 4.78 is 0.757.